The van der Waals surface area contributed by atoms with Gasteiger partial charge in [-0.2, -0.15) is 8.78 Å². The van der Waals surface area contributed by atoms with Gasteiger partial charge in [-0.3, -0.25) is 9.47 Å². The van der Waals surface area contributed by atoms with Crippen LogP contribution in [0.4, 0.5) is 8.78 Å². The van der Waals surface area contributed by atoms with E-state index in [-0.39, 0.29) is 30.9 Å². The molecule has 8 heteroatoms. The van der Waals surface area contributed by atoms with E-state index >= 15 is 0 Å². The molecule has 1 aromatic rings. The summed E-state index contributed by atoms with van der Waals surface area (Å²) in [6, 6.07) is 0.276. The summed E-state index contributed by atoms with van der Waals surface area (Å²) in [7, 11) is 1.92. The van der Waals surface area contributed by atoms with Gasteiger partial charge in [-0.05, 0) is 25.8 Å². The van der Waals surface area contributed by atoms with Crippen LogP contribution in [0.3, 0.4) is 0 Å². The molecular weight excluding hydrogens is 297 g/mol. The summed E-state index contributed by atoms with van der Waals surface area (Å²) >= 11 is 0. The van der Waals surface area contributed by atoms with E-state index in [2.05, 4.69) is 4.98 Å². The predicted octanol–water partition coefficient (Wildman–Crippen LogP) is 2.29. The first kappa shape index (κ1) is 18.6. The molecule has 0 amide bonds. The van der Waals surface area contributed by atoms with Crippen molar-refractivity contribution in [1.29, 1.82) is 0 Å². The van der Waals surface area contributed by atoms with Crippen LogP contribution in [0, 0.1) is 5.92 Å². The molecule has 0 aromatic carbocycles. The molecule has 0 bridgehead atoms. The van der Waals surface area contributed by atoms with E-state index in [1.807, 2.05) is 11.9 Å². The fourth-order valence-electron chi connectivity index (χ4n) is 2.20. The first-order valence-corrected chi connectivity index (χ1v) is 5.83. The van der Waals surface area contributed by atoms with Gasteiger partial charge < -0.3 is 5.73 Å². The van der Waals surface area contributed by atoms with Crippen molar-refractivity contribution < 1.29 is 8.78 Å². The summed E-state index contributed by atoms with van der Waals surface area (Å²) in [5, 5.41) is 0. The molecule has 0 radical (unpaired) electrons. The lowest BCUT2D eigenvalue weighted by Crippen LogP contribution is -2.39. The number of likely N-dealkylation sites (N-methyl/N-ethyl adjacent to an activating group) is 1. The van der Waals surface area contributed by atoms with Crippen LogP contribution in [0.15, 0.2) is 12.4 Å². The third-order valence-electron chi connectivity index (χ3n) is 3.32. The Balaban J connectivity index is 0.00000162. The SMILES string of the molecule is CN(Cc1nccn1C(F)F)C(CN)C1CC1.Cl.Cl. The highest BCUT2D eigenvalue weighted by atomic mass is 35.5. The molecule has 0 aliphatic heterocycles. The zero-order chi connectivity index (χ0) is 12.4. The molecule has 2 N–H and O–H groups in total. The Morgan fingerprint density at radius 1 is 1.47 bits per heavy atom. The topological polar surface area (TPSA) is 47.1 Å². The monoisotopic (exact) mass is 316 g/mol. The molecule has 112 valence electrons. The smallest absolute Gasteiger partial charge is 0.319 e. The molecule has 19 heavy (non-hydrogen) atoms. The van der Waals surface area contributed by atoms with Crippen LogP contribution >= 0.6 is 24.8 Å². The summed E-state index contributed by atoms with van der Waals surface area (Å²) in [4.78, 5) is 6.00. The zero-order valence-corrected chi connectivity index (χ0v) is 12.3. The van der Waals surface area contributed by atoms with Crippen molar-refractivity contribution in [2.75, 3.05) is 13.6 Å². The average molecular weight is 317 g/mol. The Bertz CT molecular complexity index is 371. The van der Waals surface area contributed by atoms with Crippen LogP contribution < -0.4 is 5.73 Å². The van der Waals surface area contributed by atoms with Gasteiger partial charge in [0.05, 0.1) is 6.54 Å². The second kappa shape index (κ2) is 7.99. The van der Waals surface area contributed by atoms with Gasteiger partial charge in [-0.1, -0.05) is 0 Å². The lowest BCUT2D eigenvalue weighted by Gasteiger charge is -2.26. The maximum Gasteiger partial charge on any atom is 0.319 e. The number of alkyl halides is 2. The van der Waals surface area contributed by atoms with Gasteiger partial charge in [0.15, 0.2) is 0 Å². The van der Waals surface area contributed by atoms with Gasteiger partial charge in [0, 0.05) is 25.0 Å². The lowest BCUT2D eigenvalue weighted by atomic mass is 10.1. The molecule has 1 heterocycles. The highest BCUT2D eigenvalue weighted by molar-refractivity contribution is 5.85. The fourth-order valence-corrected chi connectivity index (χ4v) is 2.20. The zero-order valence-electron chi connectivity index (χ0n) is 10.7. The fraction of sp³-hybridized carbons (Fsp3) is 0.727. The quantitative estimate of drug-likeness (QED) is 0.876. The molecule has 1 fully saturated rings. The summed E-state index contributed by atoms with van der Waals surface area (Å²) in [5.74, 6) is 1.02. The Labute approximate surface area is 124 Å². The first-order valence-electron chi connectivity index (χ1n) is 5.83. The van der Waals surface area contributed by atoms with Gasteiger partial charge in [0.25, 0.3) is 0 Å². The second-order valence-corrected chi connectivity index (χ2v) is 4.58. The number of rotatable bonds is 6. The van der Waals surface area contributed by atoms with Crippen molar-refractivity contribution in [3.05, 3.63) is 18.2 Å². The summed E-state index contributed by atoms with van der Waals surface area (Å²) in [6.07, 6.45) is 5.09. The van der Waals surface area contributed by atoms with Crippen LogP contribution in [0.25, 0.3) is 0 Å². The van der Waals surface area contributed by atoms with Gasteiger partial charge >= 0.3 is 6.55 Å². The van der Waals surface area contributed by atoms with E-state index < -0.39 is 6.55 Å². The third kappa shape index (κ3) is 4.56. The Kier molecular flexibility index (Phi) is 7.81. The molecule has 1 aliphatic carbocycles. The minimum atomic E-state index is -2.53. The van der Waals surface area contributed by atoms with Crippen molar-refractivity contribution in [3.8, 4) is 0 Å². The molecule has 1 atom stereocenters. The largest absolute Gasteiger partial charge is 0.329 e. The minimum absolute atomic E-state index is 0. The summed E-state index contributed by atoms with van der Waals surface area (Å²) < 4.78 is 26.2. The summed E-state index contributed by atoms with van der Waals surface area (Å²) in [6.45, 7) is -1.55. The number of nitrogens with zero attached hydrogens (tertiary/aromatic N) is 3. The number of halogens is 4. The van der Waals surface area contributed by atoms with E-state index in [0.29, 0.717) is 24.8 Å². The number of aromatic nitrogens is 2. The molecule has 1 unspecified atom stereocenters. The Morgan fingerprint density at radius 3 is 2.58 bits per heavy atom. The lowest BCUT2D eigenvalue weighted by molar-refractivity contribution is 0.0631. The minimum Gasteiger partial charge on any atom is -0.329 e. The molecule has 1 aliphatic rings. The number of hydrogen-bond donors (Lipinski definition) is 1. The molecule has 1 aromatic heterocycles. The van der Waals surface area contributed by atoms with Crippen LogP contribution in [0.5, 0.6) is 0 Å². The van der Waals surface area contributed by atoms with Gasteiger partial charge in [-0.25, -0.2) is 4.98 Å². The third-order valence-corrected chi connectivity index (χ3v) is 3.32. The van der Waals surface area contributed by atoms with Crippen molar-refractivity contribution >= 4 is 24.8 Å². The van der Waals surface area contributed by atoms with Crippen LogP contribution in [0.2, 0.25) is 0 Å². The standard InChI is InChI=1S/C11H18F2N4.2ClH/c1-16(9(6-14)8-2-3-8)7-10-15-4-5-17(10)11(12)13;;/h4-5,8-9,11H,2-3,6-7,14H2,1H3;2*1H. The Hall–Kier alpha value is -0.430. The van der Waals surface area contributed by atoms with Gasteiger partial charge in [0.1, 0.15) is 5.82 Å². The number of hydrogen-bond acceptors (Lipinski definition) is 3. The number of imidazole rings is 1. The van der Waals surface area contributed by atoms with Crippen LogP contribution in [-0.2, 0) is 6.54 Å². The van der Waals surface area contributed by atoms with Crippen LogP contribution in [-0.4, -0.2) is 34.1 Å². The highest BCUT2D eigenvalue weighted by Gasteiger charge is 2.33. The van der Waals surface area contributed by atoms with E-state index in [1.165, 1.54) is 25.2 Å². The van der Waals surface area contributed by atoms with Crippen molar-refractivity contribution in [3.63, 3.8) is 0 Å². The van der Waals surface area contributed by atoms with E-state index in [1.54, 1.807) is 0 Å². The normalized spacial score (nSPS) is 16.1. The number of nitrogens with two attached hydrogens (primary N) is 1. The molecule has 4 nitrogen and oxygen atoms in total. The average Bonchev–Trinajstić information content (AvgIpc) is 2.98. The van der Waals surface area contributed by atoms with Crippen molar-refractivity contribution in [2.24, 2.45) is 11.7 Å². The van der Waals surface area contributed by atoms with Gasteiger partial charge in [0.2, 0.25) is 0 Å². The molecule has 0 saturated heterocycles. The maximum atomic E-state index is 12.6. The molecule has 1 saturated carbocycles. The van der Waals surface area contributed by atoms with Crippen molar-refractivity contribution in [2.45, 2.75) is 32.0 Å². The van der Waals surface area contributed by atoms with E-state index in [9.17, 15) is 8.78 Å². The molecular formula is C11H20Cl2F2N4. The van der Waals surface area contributed by atoms with Crippen LogP contribution in [0.1, 0.15) is 25.2 Å². The summed E-state index contributed by atoms with van der Waals surface area (Å²) in [5.41, 5.74) is 5.72. The van der Waals surface area contributed by atoms with E-state index in [4.69, 9.17) is 5.73 Å². The first-order chi connectivity index (χ1) is 8.13. The Morgan fingerprint density at radius 2 is 2.11 bits per heavy atom. The molecule has 2 rings (SSSR count). The second-order valence-electron chi connectivity index (χ2n) is 4.58. The van der Waals surface area contributed by atoms with Gasteiger partial charge in [-0.15, -0.1) is 24.8 Å². The maximum absolute atomic E-state index is 12.6. The highest BCUT2D eigenvalue weighted by Crippen LogP contribution is 2.34. The van der Waals surface area contributed by atoms with Crippen molar-refractivity contribution in [1.82, 2.24) is 14.5 Å². The molecule has 0 spiro atoms. The van der Waals surface area contributed by atoms with E-state index in [0.717, 1.165) is 4.57 Å². The predicted molar refractivity (Wildman–Crippen MR) is 75.0 cm³/mol.